The van der Waals surface area contributed by atoms with Crippen LogP contribution in [0, 0.1) is 10.1 Å². The monoisotopic (exact) mass is 318 g/mol. The molecule has 0 fully saturated rings. The first kappa shape index (κ1) is 13.8. The first-order chi connectivity index (χ1) is 8.99. The van der Waals surface area contributed by atoms with Crippen molar-refractivity contribution in [1.82, 2.24) is 9.97 Å². The van der Waals surface area contributed by atoms with Crippen molar-refractivity contribution in [3.63, 3.8) is 0 Å². The quantitative estimate of drug-likeness (QED) is 0.523. The smallest absolute Gasteiger partial charge is 0.329 e. The molecule has 2 aromatic rings. The largest absolute Gasteiger partial charge is 0.333 e. The minimum absolute atomic E-state index is 0.0610. The van der Waals surface area contributed by atoms with Crippen molar-refractivity contribution >= 4 is 52.0 Å². The molecule has 1 aromatic heterocycles. The van der Waals surface area contributed by atoms with E-state index in [0.717, 1.165) is 6.20 Å². The van der Waals surface area contributed by atoms with Crippen molar-refractivity contribution in [1.29, 1.82) is 0 Å². The molecule has 1 N–H and O–H groups in total. The van der Waals surface area contributed by atoms with E-state index in [9.17, 15) is 10.1 Å². The zero-order valence-electron chi connectivity index (χ0n) is 9.10. The van der Waals surface area contributed by atoms with Crippen LogP contribution in [-0.2, 0) is 0 Å². The Balaban J connectivity index is 2.45. The normalized spacial score (nSPS) is 10.3. The topological polar surface area (TPSA) is 81.0 Å². The molecule has 6 nitrogen and oxygen atoms in total. The number of halogens is 3. The van der Waals surface area contributed by atoms with Crippen LogP contribution in [0.25, 0.3) is 0 Å². The minimum atomic E-state index is -0.628. The van der Waals surface area contributed by atoms with Crippen LogP contribution in [-0.4, -0.2) is 14.9 Å². The van der Waals surface area contributed by atoms with Gasteiger partial charge < -0.3 is 5.32 Å². The van der Waals surface area contributed by atoms with Gasteiger partial charge in [0.15, 0.2) is 0 Å². The number of anilines is 2. The minimum Gasteiger partial charge on any atom is -0.333 e. The zero-order valence-corrected chi connectivity index (χ0v) is 11.4. The van der Waals surface area contributed by atoms with Crippen LogP contribution in [0.5, 0.6) is 0 Å². The Morgan fingerprint density at radius 2 is 2.00 bits per heavy atom. The third-order valence-corrected chi connectivity index (χ3v) is 3.14. The van der Waals surface area contributed by atoms with Gasteiger partial charge in [-0.3, -0.25) is 10.1 Å². The van der Waals surface area contributed by atoms with Crippen LogP contribution >= 0.6 is 34.8 Å². The van der Waals surface area contributed by atoms with E-state index >= 15 is 0 Å². The average Bonchev–Trinajstić information content (AvgIpc) is 2.35. The SMILES string of the molecule is O=[N+]([O-])c1cnc(Cl)nc1Nc1cccc(Cl)c1Cl. The van der Waals surface area contributed by atoms with Crippen LogP contribution in [0.3, 0.4) is 0 Å². The summed E-state index contributed by atoms with van der Waals surface area (Å²) >= 11 is 17.4. The molecule has 2 rings (SSSR count). The highest BCUT2D eigenvalue weighted by Crippen LogP contribution is 2.33. The molecule has 0 bridgehead atoms. The van der Waals surface area contributed by atoms with Crippen molar-refractivity contribution in [3.05, 3.63) is 49.8 Å². The fraction of sp³-hybridized carbons (Fsp3) is 0. The van der Waals surface area contributed by atoms with Gasteiger partial charge >= 0.3 is 5.69 Å². The number of hydrogen-bond donors (Lipinski definition) is 1. The van der Waals surface area contributed by atoms with E-state index in [0.29, 0.717) is 10.7 Å². The molecule has 0 spiro atoms. The molecule has 0 radical (unpaired) electrons. The van der Waals surface area contributed by atoms with Gasteiger partial charge in [0, 0.05) is 0 Å². The highest BCUT2D eigenvalue weighted by molar-refractivity contribution is 6.43. The lowest BCUT2D eigenvalue weighted by Gasteiger charge is -2.08. The Labute approximate surface area is 122 Å². The Kier molecular flexibility index (Phi) is 4.04. The summed E-state index contributed by atoms with van der Waals surface area (Å²) < 4.78 is 0. The lowest BCUT2D eigenvalue weighted by atomic mass is 10.3. The van der Waals surface area contributed by atoms with Crippen LogP contribution < -0.4 is 5.32 Å². The second-order valence-electron chi connectivity index (χ2n) is 3.36. The Hall–Kier alpha value is -1.63. The second-order valence-corrected chi connectivity index (χ2v) is 4.48. The van der Waals surface area contributed by atoms with E-state index in [1.54, 1.807) is 18.2 Å². The Morgan fingerprint density at radius 3 is 2.68 bits per heavy atom. The fourth-order valence-corrected chi connectivity index (χ4v) is 1.79. The molecule has 0 saturated carbocycles. The third kappa shape index (κ3) is 3.04. The predicted molar refractivity (Wildman–Crippen MR) is 73.4 cm³/mol. The molecule has 0 saturated heterocycles. The summed E-state index contributed by atoms with van der Waals surface area (Å²) in [6.07, 6.45) is 1.01. The van der Waals surface area contributed by atoms with E-state index in [-0.39, 0.29) is 21.8 Å². The lowest BCUT2D eigenvalue weighted by molar-refractivity contribution is -0.384. The lowest BCUT2D eigenvalue weighted by Crippen LogP contribution is -2.01. The van der Waals surface area contributed by atoms with Gasteiger partial charge in [-0.2, -0.15) is 4.98 Å². The number of nitrogens with zero attached hydrogens (tertiary/aromatic N) is 3. The molecule has 0 aliphatic carbocycles. The molecule has 0 atom stereocenters. The summed E-state index contributed by atoms with van der Waals surface area (Å²) in [6.45, 7) is 0. The Morgan fingerprint density at radius 1 is 1.26 bits per heavy atom. The Bertz CT molecular complexity index is 651. The van der Waals surface area contributed by atoms with E-state index in [4.69, 9.17) is 34.8 Å². The maximum absolute atomic E-state index is 10.9. The molecule has 9 heteroatoms. The van der Waals surface area contributed by atoms with Crippen molar-refractivity contribution in [2.24, 2.45) is 0 Å². The van der Waals surface area contributed by atoms with E-state index < -0.39 is 4.92 Å². The van der Waals surface area contributed by atoms with Crippen LogP contribution in [0.15, 0.2) is 24.4 Å². The van der Waals surface area contributed by atoms with E-state index in [2.05, 4.69) is 15.3 Å². The predicted octanol–water partition coefficient (Wildman–Crippen LogP) is 4.09. The van der Waals surface area contributed by atoms with Gasteiger partial charge in [-0.25, -0.2) is 4.98 Å². The number of nitrogens with one attached hydrogen (secondary N) is 1. The third-order valence-electron chi connectivity index (χ3n) is 2.14. The van der Waals surface area contributed by atoms with Crippen LogP contribution in [0.4, 0.5) is 17.2 Å². The van der Waals surface area contributed by atoms with Gasteiger partial charge in [-0.1, -0.05) is 29.3 Å². The van der Waals surface area contributed by atoms with Crippen LogP contribution in [0.1, 0.15) is 0 Å². The first-order valence-electron chi connectivity index (χ1n) is 4.87. The number of aromatic nitrogens is 2. The van der Waals surface area contributed by atoms with Gasteiger partial charge in [0.25, 0.3) is 0 Å². The zero-order chi connectivity index (χ0) is 14.0. The highest BCUT2D eigenvalue weighted by Gasteiger charge is 2.18. The summed E-state index contributed by atoms with van der Waals surface area (Å²) in [5, 5.41) is 14.0. The van der Waals surface area contributed by atoms with Crippen molar-refractivity contribution in [2.75, 3.05) is 5.32 Å². The molecule has 1 aromatic carbocycles. The van der Waals surface area contributed by atoms with E-state index in [1.807, 2.05) is 0 Å². The molecule has 0 unspecified atom stereocenters. The van der Waals surface area contributed by atoms with Gasteiger partial charge in [-0.05, 0) is 23.7 Å². The number of nitro groups is 1. The number of rotatable bonds is 3. The van der Waals surface area contributed by atoms with Gasteiger partial charge in [0.1, 0.15) is 6.20 Å². The number of hydrogen-bond acceptors (Lipinski definition) is 5. The molecule has 19 heavy (non-hydrogen) atoms. The molecular weight excluding hydrogens is 314 g/mol. The number of benzene rings is 1. The molecule has 0 aliphatic heterocycles. The molecular formula is C10H5Cl3N4O2. The highest BCUT2D eigenvalue weighted by atomic mass is 35.5. The maximum atomic E-state index is 10.9. The average molecular weight is 320 g/mol. The molecule has 98 valence electrons. The first-order valence-corrected chi connectivity index (χ1v) is 6.00. The van der Waals surface area contributed by atoms with Crippen molar-refractivity contribution < 1.29 is 4.92 Å². The summed E-state index contributed by atoms with van der Waals surface area (Å²) in [4.78, 5) is 17.5. The standard InChI is InChI=1S/C10H5Cl3N4O2/c11-5-2-1-3-6(8(5)12)15-9-7(17(18)19)4-14-10(13)16-9/h1-4H,(H,14,15,16). The summed E-state index contributed by atoms with van der Waals surface area (Å²) in [6, 6.07) is 4.84. The summed E-state index contributed by atoms with van der Waals surface area (Å²) in [7, 11) is 0. The molecule has 0 aliphatic rings. The van der Waals surface area contributed by atoms with Crippen molar-refractivity contribution in [3.8, 4) is 0 Å². The van der Waals surface area contributed by atoms with Gasteiger partial charge in [0.05, 0.1) is 20.7 Å². The molecule has 0 amide bonds. The molecule has 1 heterocycles. The van der Waals surface area contributed by atoms with Crippen LogP contribution in [0.2, 0.25) is 15.3 Å². The van der Waals surface area contributed by atoms with E-state index in [1.165, 1.54) is 0 Å². The maximum Gasteiger partial charge on any atom is 0.329 e. The van der Waals surface area contributed by atoms with Gasteiger partial charge in [-0.15, -0.1) is 0 Å². The second kappa shape index (κ2) is 5.56. The fourth-order valence-electron chi connectivity index (χ4n) is 1.31. The van der Waals surface area contributed by atoms with Gasteiger partial charge in [0.2, 0.25) is 11.1 Å². The summed E-state index contributed by atoms with van der Waals surface area (Å²) in [5.41, 5.74) is 0.0625. The van der Waals surface area contributed by atoms with Crippen molar-refractivity contribution in [2.45, 2.75) is 0 Å². The summed E-state index contributed by atoms with van der Waals surface area (Å²) in [5.74, 6) is -0.0610.